The lowest BCUT2D eigenvalue weighted by Gasteiger charge is -2.33. The molecule has 0 atom stereocenters. The maximum absolute atomic E-state index is 11.4. The summed E-state index contributed by atoms with van der Waals surface area (Å²) in [5.41, 5.74) is 2.33. The Morgan fingerprint density at radius 2 is 1.80 bits per heavy atom. The third-order valence-corrected chi connectivity index (χ3v) is 3.65. The van der Waals surface area contributed by atoms with Gasteiger partial charge in [-0.3, -0.25) is 0 Å². The second-order valence-electron chi connectivity index (χ2n) is 4.65. The minimum Gasteiger partial charge on any atom is -0.302 e. The summed E-state index contributed by atoms with van der Waals surface area (Å²) in [6.07, 6.45) is 6.90. The van der Waals surface area contributed by atoms with Crippen LogP contribution in [0.5, 0.6) is 0 Å². The molecule has 1 saturated carbocycles. The van der Waals surface area contributed by atoms with Gasteiger partial charge in [-0.25, -0.2) is 0 Å². The molecule has 1 aliphatic carbocycles. The van der Waals surface area contributed by atoms with Gasteiger partial charge >= 0.3 is 0 Å². The number of carbonyl (C=O) groups excluding carboxylic acids is 1. The van der Waals surface area contributed by atoms with Crippen molar-refractivity contribution in [1.82, 2.24) is 0 Å². The van der Waals surface area contributed by atoms with E-state index < -0.39 is 0 Å². The molecule has 1 aromatic rings. The van der Waals surface area contributed by atoms with Crippen LogP contribution in [0.2, 0.25) is 0 Å². The van der Waals surface area contributed by atoms with Gasteiger partial charge in [0.1, 0.15) is 6.29 Å². The SMILES string of the molecule is Cc1ccccc1C1(C=O)CCCCC1. The van der Waals surface area contributed by atoms with E-state index in [2.05, 4.69) is 19.1 Å². The number of hydrogen-bond acceptors (Lipinski definition) is 1. The van der Waals surface area contributed by atoms with Crippen molar-refractivity contribution in [3.8, 4) is 0 Å². The zero-order valence-corrected chi connectivity index (χ0v) is 9.33. The van der Waals surface area contributed by atoms with Gasteiger partial charge in [0.2, 0.25) is 0 Å². The van der Waals surface area contributed by atoms with Crippen LogP contribution in [0, 0.1) is 6.92 Å². The van der Waals surface area contributed by atoms with Crippen LogP contribution >= 0.6 is 0 Å². The van der Waals surface area contributed by atoms with E-state index in [1.807, 2.05) is 12.1 Å². The zero-order chi connectivity index (χ0) is 10.7. The molecule has 2 rings (SSSR count). The molecule has 0 N–H and O–H groups in total. The molecule has 0 unspecified atom stereocenters. The van der Waals surface area contributed by atoms with Crippen LogP contribution < -0.4 is 0 Å². The highest BCUT2D eigenvalue weighted by Crippen LogP contribution is 2.38. The van der Waals surface area contributed by atoms with Gasteiger partial charge in [0.15, 0.2) is 0 Å². The first kappa shape index (κ1) is 10.4. The standard InChI is InChI=1S/C14H18O/c1-12-7-3-4-8-13(12)14(11-15)9-5-2-6-10-14/h3-4,7-8,11H,2,5-6,9-10H2,1H3. The lowest BCUT2D eigenvalue weighted by atomic mass is 9.69. The van der Waals surface area contributed by atoms with Crippen molar-refractivity contribution in [3.63, 3.8) is 0 Å². The molecular weight excluding hydrogens is 184 g/mol. The van der Waals surface area contributed by atoms with Gasteiger partial charge in [-0.1, -0.05) is 43.5 Å². The van der Waals surface area contributed by atoms with Gasteiger partial charge < -0.3 is 4.79 Å². The Morgan fingerprint density at radius 3 is 2.40 bits per heavy atom. The average Bonchev–Trinajstić information content (AvgIpc) is 2.30. The lowest BCUT2D eigenvalue weighted by molar-refractivity contribution is -0.113. The summed E-state index contributed by atoms with van der Waals surface area (Å²) >= 11 is 0. The summed E-state index contributed by atoms with van der Waals surface area (Å²) in [5, 5.41) is 0. The van der Waals surface area contributed by atoms with Crippen molar-refractivity contribution in [3.05, 3.63) is 35.4 Å². The van der Waals surface area contributed by atoms with Crippen LogP contribution in [0.4, 0.5) is 0 Å². The number of aryl methyl sites for hydroxylation is 1. The lowest BCUT2D eigenvalue weighted by Crippen LogP contribution is -2.31. The van der Waals surface area contributed by atoms with Gasteiger partial charge in [-0.15, -0.1) is 0 Å². The molecule has 1 aromatic carbocycles. The molecule has 0 saturated heterocycles. The van der Waals surface area contributed by atoms with E-state index in [0.717, 1.165) is 12.8 Å². The monoisotopic (exact) mass is 202 g/mol. The molecule has 1 nitrogen and oxygen atoms in total. The molecule has 0 spiro atoms. The third kappa shape index (κ3) is 1.83. The van der Waals surface area contributed by atoms with E-state index >= 15 is 0 Å². The van der Waals surface area contributed by atoms with Crippen molar-refractivity contribution < 1.29 is 4.79 Å². The van der Waals surface area contributed by atoms with Crippen LogP contribution in [0.25, 0.3) is 0 Å². The van der Waals surface area contributed by atoms with Crippen molar-refractivity contribution in [2.45, 2.75) is 44.4 Å². The summed E-state index contributed by atoms with van der Waals surface area (Å²) in [5.74, 6) is 0. The normalized spacial score (nSPS) is 19.8. The van der Waals surface area contributed by atoms with E-state index in [-0.39, 0.29) is 5.41 Å². The smallest absolute Gasteiger partial charge is 0.130 e. The first-order chi connectivity index (χ1) is 7.28. The summed E-state index contributed by atoms with van der Waals surface area (Å²) < 4.78 is 0. The van der Waals surface area contributed by atoms with Crippen molar-refractivity contribution in [2.24, 2.45) is 0 Å². The van der Waals surface area contributed by atoms with E-state index in [1.54, 1.807) is 0 Å². The van der Waals surface area contributed by atoms with Gasteiger partial charge in [0.25, 0.3) is 0 Å². The van der Waals surface area contributed by atoms with Crippen LogP contribution in [0.1, 0.15) is 43.2 Å². The Morgan fingerprint density at radius 1 is 1.13 bits per heavy atom. The highest BCUT2D eigenvalue weighted by molar-refractivity contribution is 5.69. The van der Waals surface area contributed by atoms with Crippen molar-refractivity contribution in [1.29, 1.82) is 0 Å². The minimum absolute atomic E-state index is 0.177. The number of hydrogen-bond donors (Lipinski definition) is 0. The van der Waals surface area contributed by atoms with E-state index in [1.165, 1.54) is 36.7 Å². The van der Waals surface area contributed by atoms with Gasteiger partial charge in [-0.05, 0) is 30.9 Å². The number of benzene rings is 1. The van der Waals surface area contributed by atoms with Crippen molar-refractivity contribution in [2.75, 3.05) is 0 Å². The van der Waals surface area contributed by atoms with Gasteiger partial charge in [0, 0.05) is 0 Å². The first-order valence-electron chi connectivity index (χ1n) is 5.81. The predicted octanol–water partition coefficient (Wildman–Crippen LogP) is 3.40. The molecular formula is C14H18O. The molecule has 1 aliphatic rings. The molecule has 15 heavy (non-hydrogen) atoms. The van der Waals surface area contributed by atoms with Gasteiger partial charge in [0.05, 0.1) is 5.41 Å². The molecule has 80 valence electrons. The number of aldehydes is 1. The maximum Gasteiger partial charge on any atom is 0.130 e. The minimum atomic E-state index is -0.177. The van der Waals surface area contributed by atoms with E-state index in [0.29, 0.717) is 0 Å². The Kier molecular flexibility index (Phi) is 2.90. The van der Waals surface area contributed by atoms with Crippen LogP contribution in [-0.2, 0) is 10.2 Å². The van der Waals surface area contributed by atoms with Crippen LogP contribution in [0.15, 0.2) is 24.3 Å². The number of carbonyl (C=O) groups is 1. The van der Waals surface area contributed by atoms with E-state index in [9.17, 15) is 4.79 Å². The fourth-order valence-electron chi connectivity index (χ4n) is 2.76. The average molecular weight is 202 g/mol. The fourth-order valence-corrected chi connectivity index (χ4v) is 2.76. The predicted molar refractivity (Wildman–Crippen MR) is 62.0 cm³/mol. The molecule has 0 aromatic heterocycles. The highest BCUT2D eigenvalue weighted by atomic mass is 16.1. The largest absolute Gasteiger partial charge is 0.302 e. The summed E-state index contributed by atoms with van der Waals surface area (Å²) in [6.45, 7) is 2.11. The first-order valence-corrected chi connectivity index (χ1v) is 5.81. The van der Waals surface area contributed by atoms with Gasteiger partial charge in [-0.2, -0.15) is 0 Å². The Labute approximate surface area is 91.5 Å². The number of rotatable bonds is 2. The highest BCUT2D eigenvalue weighted by Gasteiger charge is 2.34. The zero-order valence-electron chi connectivity index (χ0n) is 9.33. The third-order valence-electron chi connectivity index (χ3n) is 3.65. The van der Waals surface area contributed by atoms with E-state index in [4.69, 9.17) is 0 Å². The second kappa shape index (κ2) is 4.18. The molecule has 0 heterocycles. The molecule has 1 fully saturated rings. The molecule has 0 amide bonds. The maximum atomic E-state index is 11.4. The topological polar surface area (TPSA) is 17.1 Å². The second-order valence-corrected chi connectivity index (χ2v) is 4.65. The fraction of sp³-hybridized carbons (Fsp3) is 0.500. The molecule has 0 radical (unpaired) electrons. The summed E-state index contributed by atoms with van der Waals surface area (Å²) in [6, 6.07) is 8.31. The Balaban J connectivity index is 2.41. The Hall–Kier alpha value is -1.11. The molecule has 0 bridgehead atoms. The van der Waals surface area contributed by atoms with Crippen molar-refractivity contribution >= 4 is 6.29 Å². The molecule has 1 heteroatoms. The Bertz CT molecular complexity index is 348. The quantitative estimate of drug-likeness (QED) is 0.672. The summed E-state index contributed by atoms with van der Waals surface area (Å²) in [4.78, 5) is 11.4. The van der Waals surface area contributed by atoms with Crippen LogP contribution in [-0.4, -0.2) is 6.29 Å². The summed E-state index contributed by atoms with van der Waals surface area (Å²) in [7, 11) is 0. The van der Waals surface area contributed by atoms with Crippen LogP contribution in [0.3, 0.4) is 0 Å². The molecule has 0 aliphatic heterocycles.